The highest BCUT2D eigenvalue weighted by Gasteiger charge is 2.11. The minimum Gasteiger partial charge on any atom is -0.493 e. The van der Waals surface area contributed by atoms with E-state index in [1.165, 1.54) is 5.69 Å². The van der Waals surface area contributed by atoms with Crippen LogP contribution in [0.5, 0.6) is 11.5 Å². The zero-order chi connectivity index (χ0) is 21.5. The Balaban J connectivity index is 1.35. The maximum Gasteiger partial charge on any atom is 0.161 e. The van der Waals surface area contributed by atoms with Gasteiger partial charge >= 0.3 is 0 Å². The predicted molar refractivity (Wildman–Crippen MR) is 126 cm³/mol. The topological polar surface area (TPSA) is 43.0 Å². The smallest absolute Gasteiger partial charge is 0.161 e. The normalized spacial score (nSPS) is 13.7. The van der Waals surface area contributed by atoms with Gasteiger partial charge in [0.2, 0.25) is 0 Å². The van der Waals surface area contributed by atoms with Crippen molar-refractivity contribution in [3.05, 3.63) is 82.9 Å². The third-order valence-corrected chi connectivity index (χ3v) is 5.68. The van der Waals surface area contributed by atoms with Gasteiger partial charge in [-0.05, 0) is 48.0 Å². The summed E-state index contributed by atoms with van der Waals surface area (Å²) in [6.07, 6.45) is 0. The molecule has 1 fully saturated rings. The van der Waals surface area contributed by atoms with E-state index in [-0.39, 0.29) is 0 Å². The van der Waals surface area contributed by atoms with Crippen molar-refractivity contribution in [3.63, 3.8) is 0 Å². The summed E-state index contributed by atoms with van der Waals surface area (Å²) in [6, 6.07) is 22.2. The maximum absolute atomic E-state index is 6.21. The van der Waals surface area contributed by atoms with Gasteiger partial charge < -0.3 is 24.4 Å². The van der Waals surface area contributed by atoms with Crippen LogP contribution in [0, 0.1) is 0 Å². The van der Waals surface area contributed by atoms with Crippen LogP contribution in [-0.4, -0.2) is 33.4 Å². The van der Waals surface area contributed by atoms with Gasteiger partial charge in [0.1, 0.15) is 6.61 Å². The molecule has 0 aromatic heterocycles. The molecule has 31 heavy (non-hydrogen) atoms. The molecule has 0 spiro atoms. The molecule has 3 aromatic rings. The van der Waals surface area contributed by atoms with Crippen molar-refractivity contribution in [2.75, 3.05) is 43.6 Å². The summed E-state index contributed by atoms with van der Waals surface area (Å²) in [7, 11) is 1.65. The molecule has 1 heterocycles. The van der Waals surface area contributed by atoms with Crippen molar-refractivity contribution in [2.45, 2.75) is 13.2 Å². The number of halogens is 1. The van der Waals surface area contributed by atoms with Crippen LogP contribution < -0.4 is 19.7 Å². The van der Waals surface area contributed by atoms with Crippen molar-refractivity contribution in [1.82, 2.24) is 0 Å². The van der Waals surface area contributed by atoms with E-state index in [1.807, 2.05) is 42.5 Å². The number of nitrogens with zero attached hydrogens (tertiary/aromatic N) is 1. The fourth-order valence-corrected chi connectivity index (χ4v) is 3.72. The lowest BCUT2D eigenvalue weighted by Gasteiger charge is -2.29. The fraction of sp³-hybridized carbons (Fsp3) is 0.280. The van der Waals surface area contributed by atoms with Crippen LogP contribution in [0.25, 0.3) is 0 Å². The largest absolute Gasteiger partial charge is 0.493 e. The van der Waals surface area contributed by atoms with Gasteiger partial charge in [-0.3, -0.25) is 0 Å². The third-order valence-electron chi connectivity index (χ3n) is 5.31. The number of nitrogens with one attached hydrogen (secondary N) is 1. The van der Waals surface area contributed by atoms with Crippen LogP contribution in [-0.2, 0) is 17.9 Å². The number of ether oxygens (including phenoxy) is 3. The van der Waals surface area contributed by atoms with Crippen molar-refractivity contribution >= 4 is 23.0 Å². The molecule has 0 atom stereocenters. The van der Waals surface area contributed by atoms with E-state index in [1.54, 1.807) is 7.11 Å². The lowest BCUT2D eigenvalue weighted by Crippen LogP contribution is -2.36. The summed E-state index contributed by atoms with van der Waals surface area (Å²) < 4.78 is 16.9. The molecule has 0 radical (unpaired) electrons. The van der Waals surface area contributed by atoms with Crippen LogP contribution in [0.3, 0.4) is 0 Å². The Kier molecular flexibility index (Phi) is 7.18. The van der Waals surface area contributed by atoms with E-state index < -0.39 is 0 Å². The molecule has 3 aromatic carbocycles. The second-order valence-electron chi connectivity index (χ2n) is 7.37. The monoisotopic (exact) mass is 438 g/mol. The summed E-state index contributed by atoms with van der Waals surface area (Å²) in [6.45, 7) is 4.55. The molecule has 1 aliphatic heterocycles. The van der Waals surface area contributed by atoms with Gasteiger partial charge in [0.25, 0.3) is 0 Å². The second-order valence-corrected chi connectivity index (χ2v) is 7.77. The lowest BCUT2D eigenvalue weighted by atomic mass is 10.2. The Hall–Kier alpha value is -2.89. The number of methoxy groups -OCH3 is 1. The molecule has 0 unspecified atom stereocenters. The first-order valence-electron chi connectivity index (χ1n) is 10.4. The number of morpholine rings is 1. The molecular formula is C25H27ClN2O3. The molecule has 1 N–H and O–H groups in total. The first-order chi connectivity index (χ1) is 15.2. The van der Waals surface area contributed by atoms with Crippen LogP contribution in [0.2, 0.25) is 5.02 Å². The van der Waals surface area contributed by atoms with Gasteiger partial charge in [0.15, 0.2) is 11.5 Å². The van der Waals surface area contributed by atoms with Crippen LogP contribution >= 0.6 is 11.6 Å². The first-order valence-corrected chi connectivity index (χ1v) is 10.8. The minimum absolute atomic E-state index is 0.392. The van der Waals surface area contributed by atoms with Crippen molar-refractivity contribution in [3.8, 4) is 11.5 Å². The van der Waals surface area contributed by atoms with Crippen LogP contribution in [0.4, 0.5) is 11.4 Å². The number of rotatable bonds is 8. The van der Waals surface area contributed by atoms with Crippen LogP contribution in [0.1, 0.15) is 11.1 Å². The molecule has 6 heteroatoms. The Morgan fingerprint density at radius 2 is 1.74 bits per heavy atom. The van der Waals surface area contributed by atoms with Gasteiger partial charge in [0.05, 0.1) is 20.3 Å². The lowest BCUT2D eigenvalue weighted by molar-refractivity contribution is 0.122. The summed E-state index contributed by atoms with van der Waals surface area (Å²) >= 11 is 6.21. The second kappa shape index (κ2) is 10.4. The van der Waals surface area contributed by atoms with Gasteiger partial charge in [0, 0.05) is 41.6 Å². The highest BCUT2D eigenvalue weighted by atomic mass is 35.5. The Bertz CT molecular complexity index is 988. The zero-order valence-electron chi connectivity index (χ0n) is 17.6. The molecular weight excluding hydrogens is 412 g/mol. The van der Waals surface area contributed by atoms with Gasteiger partial charge in [-0.1, -0.05) is 35.9 Å². The minimum atomic E-state index is 0.392. The summed E-state index contributed by atoms with van der Waals surface area (Å²) in [5.74, 6) is 1.40. The number of anilines is 2. The molecule has 1 aliphatic rings. The van der Waals surface area contributed by atoms with Crippen molar-refractivity contribution in [2.24, 2.45) is 0 Å². The highest BCUT2D eigenvalue weighted by molar-refractivity contribution is 6.31. The highest BCUT2D eigenvalue weighted by Crippen LogP contribution is 2.30. The molecule has 0 bridgehead atoms. The predicted octanol–water partition coefficient (Wildman–Crippen LogP) is 5.38. The standard InChI is InChI=1S/C25H27ClN2O3/c1-29-25-16-19(6-11-24(25)31-18-20-4-2-3-5-23(20)26)17-27-21-7-9-22(10-8-21)28-12-14-30-15-13-28/h2-11,16,27H,12-15,17-18H2,1H3. The maximum atomic E-state index is 6.21. The van der Waals surface area contributed by atoms with E-state index in [9.17, 15) is 0 Å². The first kappa shape index (κ1) is 21.3. The van der Waals surface area contributed by atoms with E-state index in [0.29, 0.717) is 29.7 Å². The average Bonchev–Trinajstić information content (AvgIpc) is 2.83. The Morgan fingerprint density at radius 1 is 0.968 bits per heavy atom. The van der Waals surface area contributed by atoms with Gasteiger partial charge in [-0.2, -0.15) is 0 Å². The molecule has 1 saturated heterocycles. The van der Waals surface area contributed by atoms with E-state index >= 15 is 0 Å². The van der Waals surface area contributed by atoms with Crippen LogP contribution in [0.15, 0.2) is 66.7 Å². The van der Waals surface area contributed by atoms with E-state index in [4.69, 9.17) is 25.8 Å². The van der Waals surface area contributed by atoms with Gasteiger partial charge in [-0.25, -0.2) is 0 Å². The number of hydrogen-bond donors (Lipinski definition) is 1. The van der Waals surface area contributed by atoms with Gasteiger partial charge in [-0.15, -0.1) is 0 Å². The number of hydrogen-bond acceptors (Lipinski definition) is 5. The van der Waals surface area contributed by atoms with E-state index in [2.05, 4.69) is 34.5 Å². The fourth-order valence-electron chi connectivity index (χ4n) is 3.53. The SMILES string of the molecule is COc1cc(CNc2ccc(N3CCOCC3)cc2)ccc1OCc1ccccc1Cl. The number of benzene rings is 3. The third kappa shape index (κ3) is 5.63. The molecule has 0 saturated carbocycles. The quantitative estimate of drug-likeness (QED) is 0.511. The molecule has 162 valence electrons. The molecule has 4 rings (SSSR count). The Morgan fingerprint density at radius 3 is 2.48 bits per heavy atom. The average molecular weight is 439 g/mol. The summed E-state index contributed by atoms with van der Waals surface area (Å²) in [5, 5.41) is 4.17. The molecule has 0 aliphatic carbocycles. The van der Waals surface area contributed by atoms with E-state index in [0.717, 1.165) is 43.1 Å². The van der Waals surface area contributed by atoms with Crippen molar-refractivity contribution in [1.29, 1.82) is 0 Å². The summed E-state index contributed by atoms with van der Waals surface area (Å²) in [4.78, 5) is 2.35. The zero-order valence-corrected chi connectivity index (χ0v) is 18.4. The van der Waals surface area contributed by atoms with Crippen molar-refractivity contribution < 1.29 is 14.2 Å². The summed E-state index contributed by atoms with van der Waals surface area (Å²) in [5.41, 5.74) is 4.36. The molecule has 5 nitrogen and oxygen atoms in total. The molecule has 0 amide bonds. The Labute approximate surface area is 188 Å².